The molecule has 2 amide bonds. The fourth-order valence-corrected chi connectivity index (χ4v) is 1.17. The van der Waals surface area contributed by atoms with Crippen molar-refractivity contribution in [2.24, 2.45) is 0 Å². The van der Waals surface area contributed by atoms with Crippen molar-refractivity contribution in [2.75, 3.05) is 13.1 Å². The van der Waals surface area contributed by atoms with E-state index < -0.39 is 24.4 Å². The minimum absolute atomic E-state index is 0.207. The van der Waals surface area contributed by atoms with Gasteiger partial charge in [0, 0.05) is 0 Å². The summed E-state index contributed by atoms with van der Waals surface area (Å²) in [5.41, 5.74) is -1.49. The van der Waals surface area contributed by atoms with Gasteiger partial charge in [-0.3, -0.25) is 0 Å². The molecule has 3 N–H and O–H groups in total. The summed E-state index contributed by atoms with van der Waals surface area (Å²) in [5, 5.41) is 13.6. The van der Waals surface area contributed by atoms with Gasteiger partial charge in [-0.05, 0) is 19.1 Å². The van der Waals surface area contributed by atoms with Crippen molar-refractivity contribution >= 4 is 6.03 Å². The van der Waals surface area contributed by atoms with Gasteiger partial charge in [0.2, 0.25) is 0 Å². The maximum absolute atomic E-state index is 11.8. The number of nitrogens with one attached hydrogen (secondary N) is 2. The Balaban J connectivity index is 2.39. The summed E-state index contributed by atoms with van der Waals surface area (Å²) in [6.45, 7) is -0.332. The summed E-state index contributed by atoms with van der Waals surface area (Å²) in [5.74, 6) is 0.207. The lowest BCUT2D eigenvalue weighted by atomic mass is 10.0. The molecule has 18 heavy (non-hydrogen) atoms. The zero-order valence-corrected chi connectivity index (χ0v) is 9.54. The van der Waals surface area contributed by atoms with E-state index in [0.29, 0.717) is 0 Å². The summed E-state index contributed by atoms with van der Waals surface area (Å²) < 4.78 is 40.4. The van der Waals surface area contributed by atoms with Crippen LogP contribution in [0.5, 0.6) is 0 Å². The van der Waals surface area contributed by atoms with Crippen molar-refractivity contribution in [3.63, 3.8) is 0 Å². The van der Waals surface area contributed by atoms with Gasteiger partial charge in [0.1, 0.15) is 17.9 Å². The smallest absolute Gasteiger partial charge is 0.405 e. The van der Waals surface area contributed by atoms with Gasteiger partial charge >= 0.3 is 12.2 Å². The lowest BCUT2D eigenvalue weighted by Gasteiger charge is -2.21. The zero-order chi connectivity index (χ0) is 13.8. The van der Waals surface area contributed by atoms with Crippen LogP contribution in [-0.4, -0.2) is 30.4 Å². The van der Waals surface area contributed by atoms with Crippen molar-refractivity contribution in [2.45, 2.75) is 18.7 Å². The lowest BCUT2D eigenvalue weighted by molar-refractivity contribution is -0.122. The van der Waals surface area contributed by atoms with Crippen molar-refractivity contribution in [3.8, 4) is 0 Å². The SMILES string of the molecule is CC(O)(CNC(=O)NCC(F)(F)F)c1ccco1. The number of hydrogen-bond acceptors (Lipinski definition) is 3. The maximum atomic E-state index is 11.8. The third-order valence-corrected chi connectivity index (χ3v) is 2.09. The molecule has 0 spiro atoms. The first kappa shape index (κ1) is 14.4. The lowest BCUT2D eigenvalue weighted by Crippen LogP contribution is -2.45. The van der Waals surface area contributed by atoms with Crippen LogP contribution in [0.15, 0.2) is 22.8 Å². The van der Waals surface area contributed by atoms with E-state index in [9.17, 15) is 23.1 Å². The van der Waals surface area contributed by atoms with E-state index in [1.54, 1.807) is 11.4 Å². The molecule has 1 rings (SSSR count). The number of amides is 2. The summed E-state index contributed by atoms with van der Waals surface area (Å²) >= 11 is 0. The largest absolute Gasteiger partial charge is 0.466 e. The van der Waals surface area contributed by atoms with Gasteiger partial charge in [0.25, 0.3) is 0 Å². The van der Waals surface area contributed by atoms with Crippen LogP contribution in [0.2, 0.25) is 0 Å². The molecule has 1 aromatic heterocycles. The van der Waals surface area contributed by atoms with Crippen LogP contribution in [-0.2, 0) is 5.60 Å². The standard InChI is InChI=1S/C10H13F3N2O3/c1-9(17,7-3-2-4-18-7)5-14-8(16)15-6-10(11,12)13/h2-4,17H,5-6H2,1H3,(H2,14,15,16). The molecule has 0 aliphatic heterocycles. The minimum atomic E-state index is -4.47. The molecule has 1 atom stereocenters. The van der Waals surface area contributed by atoms with E-state index in [-0.39, 0.29) is 12.3 Å². The molecular weight excluding hydrogens is 253 g/mol. The third kappa shape index (κ3) is 4.66. The quantitative estimate of drug-likeness (QED) is 0.770. The Hall–Kier alpha value is -1.70. The second-order valence-electron chi connectivity index (χ2n) is 3.90. The fraction of sp³-hybridized carbons (Fsp3) is 0.500. The third-order valence-electron chi connectivity index (χ3n) is 2.09. The first-order valence-electron chi connectivity index (χ1n) is 5.05. The normalized spacial score (nSPS) is 14.9. The average molecular weight is 266 g/mol. The van der Waals surface area contributed by atoms with Gasteiger partial charge in [-0.2, -0.15) is 13.2 Å². The number of furan rings is 1. The molecule has 8 heteroatoms. The summed E-state index contributed by atoms with van der Waals surface area (Å²) in [6.07, 6.45) is -3.13. The molecule has 1 unspecified atom stereocenters. The molecule has 0 saturated carbocycles. The Kier molecular flexibility index (Phi) is 4.23. The van der Waals surface area contributed by atoms with Crippen molar-refractivity contribution in [3.05, 3.63) is 24.2 Å². The first-order chi connectivity index (χ1) is 8.21. The highest BCUT2D eigenvalue weighted by molar-refractivity contribution is 5.73. The Morgan fingerprint density at radius 1 is 1.39 bits per heavy atom. The number of rotatable bonds is 4. The molecule has 0 radical (unpaired) electrons. The van der Waals surface area contributed by atoms with Crippen LogP contribution in [0.25, 0.3) is 0 Å². The van der Waals surface area contributed by atoms with Crippen LogP contribution in [0, 0.1) is 0 Å². The highest BCUT2D eigenvalue weighted by Gasteiger charge is 2.29. The predicted octanol–water partition coefficient (Wildman–Crippen LogP) is 1.35. The van der Waals surface area contributed by atoms with E-state index in [2.05, 4.69) is 5.32 Å². The number of urea groups is 1. The molecule has 102 valence electrons. The monoisotopic (exact) mass is 266 g/mol. The summed E-state index contributed by atoms with van der Waals surface area (Å²) in [7, 11) is 0. The second-order valence-corrected chi connectivity index (χ2v) is 3.90. The van der Waals surface area contributed by atoms with E-state index in [0.717, 1.165) is 0 Å². The molecule has 0 aromatic carbocycles. The van der Waals surface area contributed by atoms with Crippen molar-refractivity contribution in [1.29, 1.82) is 0 Å². The molecule has 0 aliphatic carbocycles. The molecule has 0 fully saturated rings. The Morgan fingerprint density at radius 2 is 2.00 bits per heavy atom. The van der Waals surface area contributed by atoms with Gasteiger partial charge in [0.15, 0.2) is 0 Å². The summed E-state index contributed by atoms with van der Waals surface area (Å²) in [4.78, 5) is 11.0. The van der Waals surface area contributed by atoms with Gasteiger partial charge in [-0.1, -0.05) is 0 Å². The Labute approximate surface area is 101 Å². The molecular formula is C10H13F3N2O3. The van der Waals surface area contributed by atoms with Crippen molar-refractivity contribution < 1.29 is 27.5 Å². The van der Waals surface area contributed by atoms with Gasteiger partial charge in [-0.25, -0.2) is 4.79 Å². The van der Waals surface area contributed by atoms with Crippen molar-refractivity contribution in [1.82, 2.24) is 10.6 Å². The van der Waals surface area contributed by atoms with Crippen LogP contribution in [0.1, 0.15) is 12.7 Å². The highest BCUT2D eigenvalue weighted by atomic mass is 19.4. The number of aliphatic hydroxyl groups is 1. The molecule has 0 saturated heterocycles. The highest BCUT2D eigenvalue weighted by Crippen LogP contribution is 2.19. The number of carbonyl (C=O) groups excluding carboxylic acids is 1. The van der Waals surface area contributed by atoms with E-state index in [4.69, 9.17) is 4.42 Å². The number of hydrogen-bond donors (Lipinski definition) is 3. The topological polar surface area (TPSA) is 74.5 Å². The summed E-state index contributed by atoms with van der Waals surface area (Å²) in [6, 6.07) is 2.03. The predicted molar refractivity (Wildman–Crippen MR) is 55.7 cm³/mol. The number of alkyl halides is 3. The molecule has 5 nitrogen and oxygen atoms in total. The van der Waals surface area contributed by atoms with E-state index in [1.807, 2.05) is 0 Å². The van der Waals surface area contributed by atoms with E-state index in [1.165, 1.54) is 19.3 Å². The van der Waals surface area contributed by atoms with Gasteiger partial charge in [-0.15, -0.1) is 0 Å². The molecule has 1 heterocycles. The minimum Gasteiger partial charge on any atom is -0.466 e. The van der Waals surface area contributed by atoms with Gasteiger partial charge in [0.05, 0.1) is 12.8 Å². The average Bonchev–Trinajstić information content (AvgIpc) is 2.76. The van der Waals surface area contributed by atoms with Crippen LogP contribution >= 0.6 is 0 Å². The fourth-order valence-electron chi connectivity index (χ4n) is 1.17. The molecule has 0 aliphatic rings. The Bertz CT molecular complexity index is 388. The number of halogens is 3. The number of carbonyl (C=O) groups is 1. The van der Waals surface area contributed by atoms with Crippen LogP contribution in [0.3, 0.4) is 0 Å². The first-order valence-corrected chi connectivity index (χ1v) is 5.05. The van der Waals surface area contributed by atoms with E-state index >= 15 is 0 Å². The molecule has 1 aromatic rings. The van der Waals surface area contributed by atoms with Crippen LogP contribution in [0.4, 0.5) is 18.0 Å². The second kappa shape index (κ2) is 5.30. The molecule has 0 bridgehead atoms. The van der Waals surface area contributed by atoms with Crippen LogP contribution < -0.4 is 10.6 Å². The maximum Gasteiger partial charge on any atom is 0.405 e. The zero-order valence-electron chi connectivity index (χ0n) is 9.54. The Morgan fingerprint density at radius 3 is 2.50 bits per heavy atom. The van der Waals surface area contributed by atoms with Gasteiger partial charge < -0.3 is 20.2 Å².